The third kappa shape index (κ3) is 5.34. The second-order valence-corrected chi connectivity index (χ2v) is 8.06. The van der Waals surface area contributed by atoms with Crippen LogP contribution in [0.3, 0.4) is 0 Å². The van der Waals surface area contributed by atoms with Gasteiger partial charge in [-0.25, -0.2) is 4.98 Å². The first kappa shape index (κ1) is 21.6. The van der Waals surface area contributed by atoms with Gasteiger partial charge in [-0.15, -0.1) is 11.3 Å². The lowest BCUT2D eigenvalue weighted by Crippen LogP contribution is -2.21. The molecule has 0 bridgehead atoms. The minimum absolute atomic E-state index is 0.735. The second-order valence-electron chi connectivity index (χ2n) is 7.20. The van der Waals surface area contributed by atoms with E-state index in [1.807, 2.05) is 35.7 Å². The Morgan fingerprint density at radius 3 is 2.50 bits per heavy atom. The number of hydrogen-bond acceptors (Lipinski definition) is 6. The van der Waals surface area contributed by atoms with Gasteiger partial charge in [0.05, 0.1) is 19.0 Å². The van der Waals surface area contributed by atoms with Gasteiger partial charge in [0, 0.05) is 29.7 Å². The quantitative estimate of drug-likeness (QED) is 0.244. The van der Waals surface area contributed by atoms with Crippen LogP contribution in [0.5, 0.6) is 5.75 Å². The highest BCUT2D eigenvalue weighted by Gasteiger charge is 2.09. The summed E-state index contributed by atoms with van der Waals surface area (Å²) < 4.78 is 5.43. The zero-order valence-electron chi connectivity index (χ0n) is 18.2. The molecule has 1 N–H and O–H groups in total. The van der Waals surface area contributed by atoms with Crippen LogP contribution in [0.2, 0.25) is 0 Å². The number of para-hydroxylation sites is 1. The summed E-state index contributed by atoms with van der Waals surface area (Å²) >= 11 is 1.51. The molecule has 4 aromatic rings. The van der Waals surface area contributed by atoms with Crippen molar-refractivity contribution in [2.24, 2.45) is 5.10 Å². The molecule has 6 heteroatoms. The van der Waals surface area contributed by atoms with Gasteiger partial charge >= 0.3 is 0 Å². The summed E-state index contributed by atoms with van der Waals surface area (Å²) in [6.07, 6.45) is 1.81. The van der Waals surface area contributed by atoms with Gasteiger partial charge < -0.3 is 9.64 Å². The fourth-order valence-electron chi connectivity index (χ4n) is 3.43. The predicted octanol–water partition coefficient (Wildman–Crippen LogP) is 6.29. The van der Waals surface area contributed by atoms with Crippen LogP contribution in [0.25, 0.3) is 11.3 Å². The summed E-state index contributed by atoms with van der Waals surface area (Å²) in [4.78, 5) is 6.97. The fourth-order valence-corrected chi connectivity index (χ4v) is 4.09. The molecule has 0 spiro atoms. The Kier molecular flexibility index (Phi) is 7.15. The number of aromatic nitrogens is 1. The number of thiazole rings is 1. The van der Waals surface area contributed by atoms with Gasteiger partial charge in [-0.3, -0.25) is 5.43 Å². The maximum atomic E-state index is 5.43. The largest absolute Gasteiger partial charge is 0.496 e. The number of nitrogens with zero attached hydrogens (tertiary/aromatic N) is 3. The number of hydrogen-bond donors (Lipinski definition) is 1. The molecule has 0 fully saturated rings. The van der Waals surface area contributed by atoms with Gasteiger partial charge in [-0.05, 0) is 42.3 Å². The molecule has 0 radical (unpaired) electrons. The summed E-state index contributed by atoms with van der Waals surface area (Å²) in [6, 6.07) is 26.8. The zero-order valence-corrected chi connectivity index (χ0v) is 19.0. The lowest BCUT2D eigenvalue weighted by Gasteiger charge is -2.23. The predicted molar refractivity (Wildman–Crippen MR) is 135 cm³/mol. The Hall–Kier alpha value is -3.64. The molecule has 1 heterocycles. The molecule has 162 valence electrons. The molecule has 0 unspecified atom stereocenters. The SMILES string of the molecule is CCN(Cc1ccccc1)c1ccc(/C=N\Nc2nc(-c3ccccc3OC)cs2)cc1. The van der Waals surface area contributed by atoms with Crippen molar-refractivity contribution in [3.8, 4) is 17.0 Å². The van der Waals surface area contributed by atoms with Gasteiger partial charge in [0.1, 0.15) is 5.75 Å². The molecular formula is C26H26N4OS. The number of hydrazone groups is 1. The lowest BCUT2D eigenvalue weighted by atomic mass is 10.1. The van der Waals surface area contributed by atoms with Crippen molar-refractivity contribution < 1.29 is 4.74 Å². The van der Waals surface area contributed by atoms with Crippen LogP contribution in [0.15, 0.2) is 89.3 Å². The van der Waals surface area contributed by atoms with E-state index in [4.69, 9.17) is 4.74 Å². The van der Waals surface area contributed by atoms with Crippen LogP contribution in [0.4, 0.5) is 10.8 Å². The Bertz CT molecular complexity index is 1160. The van der Waals surface area contributed by atoms with E-state index in [1.54, 1.807) is 13.3 Å². The number of anilines is 2. The minimum atomic E-state index is 0.735. The number of ether oxygens (including phenoxy) is 1. The van der Waals surface area contributed by atoms with E-state index in [1.165, 1.54) is 22.6 Å². The first-order valence-electron chi connectivity index (χ1n) is 10.5. The summed E-state index contributed by atoms with van der Waals surface area (Å²) in [5.41, 5.74) is 8.39. The van der Waals surface area contributed by atoms with Gasteiger partial charge in [0.2, 0.25) is 5.13 Å². The lowest BCUT2D eigenvalue weighted by molar-refractivity contribution is 0.416. The molecule has 3 aromatic carbocycles. The van der Waals surface area contributed by atoms with Crippen LogP contribution in [-0.4, -0.2) is 24.9 Å². The van der Waals surface area contributed by atoms with E-state index < -0.39 is 0 Å². The topological polar surface area (TPSA) is 49.8 Å². The minimum Gasteiger partial charge on any atom is -0.496 e. The van der Waals surface area contributed by atoms with Crippen LogP contribution in [0.1, 0.15) is 18.1 Å². The van der Waals surface area contributed by atoms with Crippen molar-refractivity contribution in [1.82, 2.24) is 4.98 Å². The summed E-state index contributed by atoms with van der Waals surface area (Å²) in [6.45, 7) is 4.02. The van der Waals surface area contributed by atoms with Crippen molar-refractivity contribution in [2.45, 2.75) is 13.5 Å². The van der Waals surface area contributed by atoms with Crippen molar-refractivity contribution in [1.29, 1.82) is 0 Å². The summed E-state index contributed by atoms with van der Waals surface area (Å²) in [7, 11) is 1.67. The van der Waals surface area contributed by atoms with Gasteiger partial charge in [0.15, 0.2) is 0 Å². The third-order valence-electron chi connectivity index (χ3n) is 5.12. The Labute approximate surface area is 193 Å². The molecule has 5 nitrogen and oxygen atoms in total. The summed E-state index contributed by atoms with van der Waals surface area (Å²) in [5.74, 6) is 0.807. The average Bonchev–Trinajstić information content (AvgIpc) is 3.32. The van der Waals surface area contributed by atoms with E-state index >= 15 is 0 Å². The van der Waals surface area contributed by atoms with E-state index in [-0.39, 0.29) is 0 Å². The van der Waals surface area contributed by atoms with Gasteiger partial charge in [-0.1, -0.05) is 54.6 Å². The van der Waals surface area contributed by atoms with E-state index in [0.717, 1.165) is 40.8 Å². The van der Waals surface area contributed by atoms with E-state index in [9.17, 15) is 0 Å². The third-order valence-corrected chi connectivity index (χ3v) is 5.86. The molecule has 0 aliphatic heterocycles. The Morgan fingerprint density at radius 1 is 1.00 bits per heavy atom. The maximum absolute atomic E-state index is 5.43. The molecule has 0 amide bonds. The first-order valence-corrected chi connectivity index (χ1v) is 11.4. The smallest absolute Gasteiger partial charge is 0.203 e. The maximum Gasteiger partial charge on any atom is 0.203 e. The molecule has 0 saturated heterocycles. The number of rotatable bonds is 9. The normalized spacial score (nSPS) is 10.9. The molecule has 32 heavy (non-hydrogen) atoms. The van der Waals surface area contributed by atoms with Crippen LogP contribution in [-0.2, 0) is 6.54 Å². The number of nitrogens with one attached hydrogen (secondary N) is 1. The Balaban J connectivity index is 1.38. The van der Waals surface area contributed by atoms with E-state index in [2.05, 4.69) is 75.9 Å². The standard InChI is InChI=1S/C26H26N4OS/c1-3-30(18-21-9-5-4-6-10-21)22-15-13-20(14-16-22)17-27-29-26-28-24(19-32-26)23-11-7-8-12-25(23)31-2/h4-17,19H,3,18H2,1-2H3,(H,28,29)/b27-17-. The van der Waals surface area contributed by atoms with E-state index in [0.29, 0.717) is 0 Å². The summed E-state index contributed by atoms with van der Waals surface area (Å²) in [5, 5.41) is 7.08. The average molecular weight is 443 g/mol. The molecule has 0 aliphatic carbocycles. The molecule has 4 rings (SSSR count). The molecule has 1 aromatic heterocycles. The highest BCUT2D eigenvalue weighted by atomic mass is 32.1. The second kappa shape index (κ2) is 10.6. The van der Waals surface area contributed by atoms with Crippen LogP contribution in [0, 0.1) is 0 Å². The molecule has 0 atom stereocenters. The van der Waals surface area contributed by atoms with Crippen LogP contribution >= 0.6 is 11.3 Å². The highest BCUT2D eigenvalue weighted by molar-refractivity contribution is 7.14. The highest BCUT2D eigenvalue weighted by Crippen LogP contribution is 2.31. The molecule has 0 saturated carbocycles. The van der Waals surface area contributed by atoms with Gasteiger partial charge in [0.25, 0.3) is 0 Å². The Morgan fingerprint density at radius 2 is 1.75 bits per heavy atom. The molecule has 0 aliphatic rings. The molecular weight excluding hydrogens is 416 g/mol. The van der Waals surface area contributed by atoms with Crippen molar-refractivity contribution >= 4 is 28.4 Å². The van der Waals surface area contributed by atoms with Gasteiger partial charge in [-0.2, -0.15) is 5.10 Å². The van der Waals surface area contributed by atoms with Crippen LogP contribution < -0.4 is 15.1 Å². The van der Waals surface area contributed by atoms with Crippen molar-refractivity contribution in [3.63, 3.8) is 0 Å². The number of methoxy groups -OCH3 is 1. The van der Waals surface area contributed by atoms with Crippen molar-refractivity contribution in [2.75, 3.05) is 24.0 Å². The first-order chi connectivity index (χ1) is 15.8. The monoisotopic (exact) mass is 442 g/mol. The number of benzene rings is 3. The zero-order chi connectivity index (χ0) is 22.2. The fraction of sp³-hybridized carbons (Fsp3) is 0.154. The van der Waals surface area contributed by atoms with Crippen molar-refractivity contribution in [3.05, 3.63) is 95.4 Å².